The van der Waals surface area contributed by atoms with Crippen LogP contribution in [0.25, 0.3) is 16.5 Å². The van der Waals surface area contributed by atoms with Crippen LogP contribution in [0.3, 0.4) is 0 Å². The predicted octanol–water partition coefficient (Wildman–Crippen LogP) is 6.72. The Morgan fingerprint density at radius 1 is 1.19 bits per heavy atom. The van der Waals surface area contributed by atoms with Crippen LogP contribution in [-0.4, -0.2) is 34.1 Å². The van der Waals surface area contributed by atoms with Gasteiger partial charge in [-0.3, -0.25) is 9.80 Å². The van der Waals surface area contributed by atoms with Crippen molar-refractivity contribution in [3.05, 3.63) is 63.2 Å². The SMILES string of the molecule is NC(=S)N(c1ccc2[nH]cc(C3=CCN4CCCCC4C3)c2c1)c1cccc(Br)c1Br. The van der Waals surface area contributed by atoms with E-state index in [2.05, 4.69) is 72.2 Å². The number of fused-ring (bicyclic) bond motifs is 2. The van der Waals surface area contributed by atoms with E-state index in [9.17, 15) is 0 Å². The van der Waals surface area contributed by atoms with Gasteiger partial charge in [-0.25, -0.2) is 0 Å². The van der Waals surface area contributed by atoms with Gasteiger partial charge in [-0.1, -0.05) is 18.6 Å². The topological polar surface area (TPSA) is 48.3 Å². The molecule has 2 aliphatic rings. The monoisotopic (exact) mass is 558 g/mol. The molecule has 0 saturated carbocycles. The molecule has 0 radical (unpaired) electrons. The minimum Gasteiger partial charge on any atom is -0.376 e. The van der Waals surface area contributed by atoms with Gasteiger partial charge in [-0.2, -0.15) is 0 Å². The van der Waals surface area contributed by atoms with Gasteiger partial charge in [0.1, 0.15) is 0 Å². The molecule has 0 spiro atoms. The third-order valence-corrected chi connectivity index (χ3v) is 8.65. The number of thiocarbonyl (C=S) groups is 1. The normalized spacial score (nSPS) is 19.2. The van der Waals surface area contributed by atoms with E-state index in [1.54, 1.807) is 0 Å². The van der Waals surface area contributed by atoms with Crippen LogP contribution in [0.2, 0.25) is 0 Å². The van der Waals surface area contributed by atoms with E-state index in [1.807, 2.05) is 23.1 Å². The van der Waals surface area contributed by atoms with Gasteiger partial charge in [0.15, 0.2) is 5.11 Å². The number of nitrogens with zero attached hydrogens (tertiary/aromatic N) is 2. The summed E-state index contributed by atoms with van der Waals surface area (Å²) >= 11 is 12.7. The smallest absolute Gasteiger partial charge is 0.175 e. The Hall–Kier alpha value is -1.67. The molecule has 0 bridgehead atoms. The number of H-pyrrole nitrogens is 1. The van der Waals surface area contributed by atoms with Crippen LogP contribution in [0.15, 0.2) is 57.6 Å². The van der Waals surface area contributed by atoms with Crippen LogP contribution >= 0.6 is 44.1 Å². The minimum absolute atomic E-state index is 0.310. The summed E-state index contributed by atoms with van der Waals surface area (Å²) in [6, 6.07) is 13.0. The molecule has 160 valence electrons. The molecule has 31 heavy (non-hydrogen) atoms. The fourth-order valence-corrected chi connectivity index (χ4v) is 5.88. The van der Waals surface area contributed by atoms with E-state index in [4.69, 9.17) is 18.0 Å². The van der Waals surface area contributed by atoms with Crippen LogP contribution in [0.5, 0.6) is 0 Å². The van der Waals surface area contributed by atoms with Crippen molar-refractivity contribution in [3.63, 3.8) is 0 Å². The molecule has 1 atom stereocenters. The van der Waals surface area contributed by atoms with Crippen molar-refractivity contribution in [2.45, 2.75) is 31.7 Å². The third-order valence-electron chi connectivity index (χ3n) is 6.44. The Labute approximate surface area is 204 Å². The molecule has 2 aliphatic heterocycles. The van der Waals surface area contributed by atoms with Crippen molar-refractivity contribution in [2.75, 3.05) is 18.0 Å². The lowest BCUT2D eigenvalue weighted by atomic mass is 9.89. The Bertz CT molecular complexity index is 1190. The Balaban J connectivity index is 1.56. The van der Waals surface area contributed by atoms with Gasteiger partial charge in [-0.15, -0.1) is 0 Å². The zero-order chi connectivity index (χ0) is 21.5. The lowest BCUT2D eigenvalue weighted by molar-refractivity contribution is 0.161. The van der Waals surface area contributed by atoms with Gasteiger partial charge in [0.25, 0.3) is 0 Å². The second kappa shape index (κ2) is 8.70. The summed E-state index contributed by atoms with van der Waals surface area (Å²) in [7, 11) is 0. The molecule has 1 aromatic heterocycles. The number of benzene rings is 2. The van der Waals surface area contributed by atoms with Crippen LogP contribution in [0.4, 0.5) is 11.4 Å². The van der Waals surface area contributed by atoms with Gasteiger partial charge >= 0.3 is 0 Å². The minimum atomic E-state index is 0.310. The van der Waals surface area contributed by atoms with E-state index < -0.39 is 0 Å². The average Bonchev–Trinajstić information content (AvgIpc) is 3.20. The first-order valence-electron chi connectivity index (χ1n) is 10.6. The summed E-state index contributed by atoms with van der Waals surface area (Å²) < 4.78 is 1.88. The highest BCUT2D eigenvalue weighted by Crippen LogP contribution is 2.40. The molecule has 3 heterocycles. The number of piperidine rings is 1. The number of anilines is 2. The molecule has 0 amide bonds. The molecule has 1 saturated heterocycles. The molecule has 2 aromatic carbocycles. The van der Waals surface area contributed by atoms with Crippen LogP contribution in [-0.2, 0) is 0 Å². The van der Waals surface area contributed by atoms with Crippen molar-refractivity contribution >= 4 is 77.0 Å². The number of hydrogen-bond acceptors (Lipinski definition) is 2. The number of aromatic nitrogens is 1. The number of hydrogen-bond donors (Lipinski definition) is 2. The highest BCUT2D eigenvalue weighted by atomic mass is 79.9. The van der Waals surface area contributed by atoms with Gasteiger partial charge in [0.2, 0.25) is 0 Å². The van der Waals surface area contributed by atoms with Gasteiger partial charge in [0.05, 0.1) is 10.2 Å². The van der Waals surface area contributed by atoms with Crippen molar-refractivity contribution in [1.82, 2.24) is 9.88 Å². The summed E-state index contributed by atoms with van der Waals surface area (Å²) in [6.07, 6.45) is 9.66. The maximum absolute atomic E-state index is 6.19. The third kappa shape index (κ3) is 3.97. The summed E-state index contributed by atoms with van der Waals surface area (Å²) in [6.45, 7) is 2.28. The zero-order valence-electron chi connectivity index (χ0n) is 17.1. The molecular weight excluding hydrogens is 536 g/mol. The molecule has 1 fully saturated rings. The lowest BCUT2D eigenvalue weighted by Crippen LogP contribution is -2.41. The molecule has 5 rings (SSSR count). The first kappa shape index (κ1) is 21.2. The Kier molecular flexibility index (Phi) is 5.94. The van der Waals surface area contributed by atoms with Gasteiger partial charge < -0.3 is 10.7 Å². The largest absolute Gasteiger partial charge is 0.376 e. The molecule has 3 N–H and O–H groups in total. The van der Waals surface area contributed by atoms with Crippen molar-refractivity contribution in [1.29, 1.82) is 0 Å². The van der Waals surface area contributed by atoms with Crippen LogP contribution in [0, 0.1) is 0 Å². The van der Waals surface area contributed by atoms with Crippen molar-refractivity contribution in [2.24, 2.45) is 5.73 Å². The second-order valence-electron chi connectivity index (χ2n) is 8.26. The number of halogens is 2. The molecular formula is C24H24Br2N4S. The van der Waals surface area contributed by atoms with Crippen molar-refractivity contribution in [3.8, 4) is 0 Å². The van der Waals surface area contributed by atoms with Crippen LogP contribution in [0.1, 0.15) is 31.2 Å². The summed E-state index contributed by atoms with van der Waals surface area (Å²) in [5.41, 5.74) is 11.9. The number of nitrogens with two attached hydrogens (primary N) is 1. The molecule has 4 nitrogen and oxygen atoms in total. The Morgan fingerprint density at radius 2 is 2.06 bits per heavy atom. The fourth-order valence-electron chi connectivity index (χ4n) is 4.88. The van der Waals surface area contributed by atoms with Crippen molar-refractivity contribution < 1.29 is 0 Å². The first-order valence-corrected chi connectivity index (χ1v) is 12.6. The highest BCUT2D eigenvalue weighted by molar-refractivity contribution is 9.13. The van der Waals surface area contributed by atoms with Gasteiger partial charge in [-0.05, 0) is 106 Å². The predicted molar refractivity (Wildman–Crippen MR) is 141 cm³/mol. The number of aromatic amines is 1. The average molecular weight is 560 g/mol. The zero-order valence-corrected chi connectivity index (χ0v) is 21.1. The van der Waals surface area contributed by atoms with E-state index in [0.29, 0.717) is 11.2 Å². The summed E-state index contributed by atoms with van der Waals surface area (Å²) in [4.78, 5) is 8.01. The highest BCUT2D eigenvalue weighted by Gasteiger charge is 2.27. The quantitative estimate of drug-likeness (QED) is 0.350. The van der Waals surface area contributed by atoms with Crippen LogP contribution < -0.4 is 10.6 Å². The second-order valence-corrected chi connectivity index (χ2v) is 10.3. The lowest BCUT2D eigenvalue weighted by Gasteiger charge is -2.38. The fraction of sp³-hybridized carbons (Fsp3) is 0.292. The van der Waals surface area contributed by atoms with Gasteiger partial charge in [0, 0.05) is 45.4 Å². The standard InChI is InChI=1S/C24H24Br2N4S/c25-20-5-3-6-22(23(20)26)30(24(27)31)17-7-8-21-18(13-17)19(14-28-21)15-9-11-29-10-2-1-4-16(29)12-15/h3,5-9,13-14,16,28H,1-2,4,10-12H2,(H2,27,31). The molecule has 1 unspecified atom stereocenters. The van der Waals surface area contributed by atoms with E-state index >= 15 is 0 Å². The summed E-state index contributed by atoms with van der Waals surface area (Å²) in [5, 5.41) is 1.52. The maximum Gasteiger partial charge on any atom is 0.175 e. The Morgan fingerprint density at radius 3 is 2.90 bits per heavy atom. The molecule has 3 aromatic rings. The first-order chi connectivity index (χ1) is 15.0. The van der Waals surface area contributed by atoms with E-state index in [1.165, 1.54) is 42.3 Å². The summed E-state index contributed by atoms with van der Waals surface area (Å²) in [5.74, 6) is 0. The molecule has 0 aliphatic carbocycles. The maximum atomic E-state index is 6.19. The van der Waals surface area contributed by atoms with E-state index in [-0.39, 0.29) is 0 Å². The molecule has 7 heteroatoms. The number of nitrogens with one attached hydrogen (secondary N) is 1. The number of rotatable bonds is 3. The van der Waals surface area contributed by atoms with E-state index in [0.717, 1.165) is 38.8 Å².